The second kappa shape index (κ2) is 19.3. The number of aromatic nitrogens is 4. The maximum atomic E-state index is 8.39. The topological polar surface area (TPSA) is 147 Å². The molecule has 0 aromatic carbocycles. The quantitative estimate of drug-likeness (QED) is 0.178. The van der Waals surface area contributed by atoms with Gasteiger partial charge in [-0.25, -0.2) is 19.9 Å². The molecular formula is C30H28N8S3. The fraction of sp³-hybridized carbons (Fsp3) is 0.200. The van der Waals surface area contributed by atoms with Gasteiger partial charge >= 0.3 is 0 Å². The molecule has 0 bridgehead atoms. The number of thiophene rings is 3. The van der Waals surface area contributed by atoms with Crippen molar-refractivity contribution in [3.63, 3.8) is 0 Å². The molecule has 5 rings (SSSR count). The first-order valence-corrected chi connectivity index (χ1v) is 14.6. The highest BCUT2D eigenvalue weighted by molar-refractivity contribution is 7.10. The third-order valence-corrected chi connectivity index (χ3v) is 7.82. The third-order valence-electron chi connectivity index (χ3n) is 5.09. The van der Waals surface area contributed by atoms with Crippen molar-refractivity contribution in [2.75, 3.05) is 0 Å². The molecule has 0 spiro atoms. The zero-order valence-corrected chi connectivity index (χ0v) is 26.0. The first-order valence-electron chi connectivity index (χ1n) is 11.9. The molecule has 5 heterocycles. The monoisotopic (exact) mass is 596 g/mol. The van der Waals surface area contributed by atoms with Gasteiger partial charge in [-0.1, -0.05) is 0 Å². The Morgan fingerprint density at radius 2 is 1.24 bits per heavy atom. The van der Waals surface area contributed by atoms with E-state index in [0.29, 0.717) is 11.3 Å². The molecule has 0 aliphatic rings. The van der Waals surface area contributed by atoms with Crippen LogP contribution in [0.15, 0.2) is 58.7 Å². The van der Waals surface area contributed by atoms with Gasteiger partial charge < -0.3 is 0 Å². The first kappa shape index (κ1) is 34.2. The van der Waals surface area contributed by atoms with Crippen LogP contribution >= 0.6 is 34.0 Å². The van der Waals surface area contributed by atoms with E-state index in [2.05, 4.69) is 57.4 Å². The second-order valence-electron chi connectivity index (χ2n) is 8.08. The van der Waals surface area contributed by atoms with Crippen LogP contribution in [0.1, 0.15) is 54.5 Å². The Labute approximate surface area is 253 Å². The lowest BCUT2D eigenvalue weighted by molar-refractivity contribution is 1.08. The van der Waals surface area contributed by atoms with Gasteiger partial charge in [-0.3, -0.25) is 0 Å². The van der Waals surface area contributed by atoms with E-state index in [4.69, 9.17) is 21.0 Å². The second-order valence-corrected chi connectivity index (χ2v) is 10.9. The summed E-state index contributed by atoms with van der Waals surface area (Å²) >= 11 is 4.86. The zero-order valence-electron chi connectivity index (χ0n) is 23.6. The predicted octanol–water partition coefficient (Wildman–Crippen LogP) is 7.53. The minimum absolute atomic E-state index is 0.449. The van der Waals surface area contributed by atoms with Gasteiger partial charge in [0, 0.05) is 28.2 Å². The maximum absolute atomic E-state index is 8.39. The van der Waals surface area contributed by atoms with Crippen LogP contribution in [0.2, 0.25) is 0 Å². The summed E-state index contributed by atoms with van der Waals surface area (Å²) in [6, 6.07) is 12.2. The summed E-state index contributed by atoms with van der Waals surface area (Å²) in [5, 5.41) is 41.4. The molecule has 0 radical (unpaired) electrons. The Morgan fingerprint density at radius 1 is 0.610 bits per heavy atom. The Bertz CT molecular complexity index is 1550. The fourth-order valence-corrected chi connectivity index (χ4v) is 4.65. The van der Waals surface area contributed by atoms with Gasteiger partial charge in [-0.2, -0.15) is 32.4 Å². The van der Waals surface area contributed by atoms with Crippen molar-refractivity contribution >= 4 is 34.0 Å². The molecule has 0 aliphatic heterocycles. The van der Waals surface area contributed by atoms with Gasteiger partial charge in [-0.15, -0.1) is 22.7 Å². The zero-order chi connectivity index (χ0) is 30.6. The smallest absolute Gasteiger partial charge is 0.146 e. The molecule has 0 aliphatic carbocycles. The van der Waals surface area contributed by atoms with Gasteiger partial charge in [0.25, 0.3) is 0 Å². The van der Waals surface area contributed by atoms with Crippen LogP contribution in [0.5, 0.6) is 0 Å². The van der Waals surface area contributed by atoms with Crippen LogP contribution in [0.3, 0.4) is 0 Å². The van der Waals surface area contributed by atoms with Crippen molar-refractivity contribution in [2.24, 2.45) is 0 Å². The van der Waals surface area contributed by atoms with Crippen LogP contribution in [0.25, 0.3) is 0 Å². The Hall–Kier alpha value is -4.78. The molecule has 0 saturated heterocycles. The highest BCUT2D eigenvalue weighted by atomic mass is 32.1. The lowest BCUT2D eigenvalue weighted by Crippen LogP contribution is -1.87. The molecule has 8 nitrogen and oxygen atoms in total. The molecule has 0 N–H and O–H groups in total. The van der Waals surface area contributed by atoms with E-state index in [1.54, 1.807) is 42.7 Å². The van der Waals surface area contributed by atoms with E-state index in [1.165, 1.54) is 40.6 Å². The van der Waals surface area contributed by atoms with E-state index in [-0.39, 0.29) is 0 Å². The van der Waals surface area contributed by atoms with Crippen molar-refractivity contribution in [1.29, 1.82) is 21.0 Å². The van der Waals surface area contributed by atoms with Gasteiger partial charge in [0.15, 0.2) is 0 Å². The molecule has 206 valence electrons. The predicted molar refractivity (Wildman–Crippen MR) is 164 cm³/mol. The summed E-state index contributed by atoms with van der Waals surface area (Å²) in [4.78, 5) is 17.2. The summed E-state index contributed by atoms with van der Waals surface area (Å²) in [5.41, 5.74) is 6.91. The minimum Gasteiger partial charge on any atom is -0.244 e. The maximum Gasteiger partial charge on any atom is 0.146 e. The molecule has 0 fully saturated rings. The number of rotatable bonds is 0. The molecule has 41 heavy (non-hydrogen) atoms. The van der Waals surface area contributed by atoms with Crippen LogP contribution in [0.4, 0.5) is 0 Å². The number of hydrogen-bond acceptors (Lipinski definition) is 11. The van der Waals surface area contributed by atoms with Crippen LogP contribution in [-0.2, 0) is 0 Å². The van der Waals surface area contributed by atoms with Crippen LogP contribution < -0.4 is 0 Å². The summed E-state index contributed by atoms with van der Waals surface area (Å²) in [6.45, 7) is 11.7. The summed E-state index contributed by atoms with van der Waals surface area (Å²) in [6.07, 6.45) is 5.91. The molecule has 5 aromatic rings. The Kier molecular flexibility index (Phi) is 16.1. The Balaban J connectivity index is 0.000000257. The number of nitrogens with zero attached hydrogens (tertiary/aromatic N) is 8. The first-order chi connectivity index (χ1) is 19.7. The van der Waals surface area contributed by atoms with Crippen LogP contribution in [-0.4, -0.2) is 19.9 Å². The van der Waals surface area contributed by atoms with Crippen molar-refractivity contribution in [1.82, 2.24) is 19.9 Å². The van der Waals surface area contributed by atoms with Crippen molar-refractivity contribution in [3.8, 4) is 24.3 Å². The van der Waals surface area contributed by atoms with E-state index in [0.717, 1.165) is 32.8 Å². The summed E-state index contributed by atoms with van der Waals surface area (Å²) in [5.74, 6) is 0. The molecule has 0 atom stereocenters. The number of nitriles is 4. The average molecular weight is 597 g/mol. The molecule has 5 aromatic heterocycles. The fourth-order valence-electron chi connectivity index (χ4n) is 2.43. The van der Waals surface area contributed by atoms with Crippen molar-refractivity contribution in [2.45, 2.75) is 41.5 Å². The van der Waals surface area contributed by atoms with Gasteiger partial charge in [0.1, 0.15) is 47.5 Å². The SMILES string of the molecule is Cc1ccsc1C.Cc1ccsc1C#N.Cc1cncnc1C#N.Cc1cscc1C#N.Cc1ncncc1C#N. The molecule has 0 saturated carbocycles. The molecule has 0 unspecified atom stereocenters. The lowest BCUT2D eigenvalue weighted by Gasteiger charge is -1.89. The van der Waals surface area contributed by atoms with E-state index in [9.17, 15) is 0 Å². The largest absolute Gasteiger partial charge is 0.244 e. The lowest BCUT2D eigenvalue weighted by atomic mass is 10.2. The van der Waals surface area contributed by atoms with Crippen LogP contribution in [0, 0.1) is 86.9 Å². The van der Waals surface area contributed by atoms with Crippen molar-refractivity contribution < 1.29 is 0 Å². The average Bonchev–Trinajstić information content (AvgIpc) is 3.71. The highest BCUT2D eigenvalue weighted by Gasteiger charge is 1.95. The summed E-state index contributed by atoms with van der Waals surface area (Å²) < 4.78 is 0. The van der Waals surface area contributed by atoms with Gasteiger partial charge in [0.05, 0.1) is 16.8 Å². The molecule has 0 amide bonds. The van der Waals surface area contributed by atoms with Gasteiger partial charge in [-0.05, 0) is 86.5 Å². The van der Waals surface area contributed by atoms with Gasteiger partial charge in [0.2, 0.25) is 0 Å². The van der Waals surface area contributed by atoms with E-state index >= 15 is 0 Å². The summed E-state index contributed by atoms with van der Waals surface area (Å²) in [7, 11) is 0. The van der Waals surface area contributed by atoms with Crippen molar-refractivity contribution in [3.05, 3.63) is 113 Å². The molecule has 11 heteroatoms. The molecular weight excluding hydrogens is 569 g/mol. The minimum atomic E-state index is 0.449. The highest BCUT2D eigenvalue weighted by Crippen LogP contribution is 2.13. The standard InChI is InChI=1S/2C6H5N3.2C6H5NS.C6H8S/c1-5-6(2-7)3-8-4-9-5;1-5-3-8-4-9-6(5)2-7;1-5-3-8-4-6(5)2-7;1-5-2-3-8-6(5)4-7;1-5-3-4-7-6(5)2/h2*3-4H,1H3;3-4H,1H3;2-3H,1H3;3-4H,1-2H3. The Morgan fingerprint density at radius 3 is 1.56 bits per heavy atom. The van der Waals surface area contributed by atoms with E-state index in [1.807, 2.05) is 48.2 Å². The number of aryl methyl sites for hydroxylation is 6. The normalized spacial score (nSPS) is 8.63. The number of hydrogen-bond donors (Lipinski definition) is 0. The van der Waals surface area contributed by atoms with E-state index < -0.39 is 0 Å². The third kappa shape index (κ3) is 12.7.